The molecule has 0 bridgehead atoms. The summed E-state index contributed by atoms with van der Waals surface area (Å²) < 4.78 is 14.8. The molecule has 1 aromatic carbocycles. The van der Waals surface area contributed by atoms with Crippen LogP contribution in [0.4, 0.5) is 4.39 Å². The van der Waals surface area contributed by atoms with Crippen LogP contribution in [0.25, 0.3) is 22.2 Å². The zero-order valence-corrected chi connectivity index (χ0v) is 12.7. The van der Waals surface area contributed by atoms with Gasteiger partial charge in [-0.2, -0.15) is 0 Å². The smallest absolute Gasteiger partial charge is 0.152 e. The molecule has 3 aromatic rings. The Kier molecular flexibility index (Phi) is 3.50. The van der Waals surface area contributed by atoms with Crippen LogP contribution in [0.2, 0.25) is 13.7 Å². The van der Waals surface area contributed by atoms with E-state index in [1.807, 2.05) is 0 Å². The van der Waals surface area contributed by atoms with E-state index in [1.54, 1.807) is 6.07 Å². The monoisotopic (exact) mass is 347 g/mol. The Hall–Kier alpha value is -1.07. The van der Waals surface area contributed by atoms with Gasteiger partial charge in [-0.3, -0.25) is 4.79 Å². The number of carbonyl (C=O) groups excluding carboxylic acids is 1. The summed E-state index contributed by atoms with van der Waals surface area (Å²) in [5.74, 6) is -0.528. The normalized spacial score (nSPS) is 11.2. The summed E-state index contributed by atoms with van der Waals surface area (Å²) in [7, 11) is 0. The van der Waals surface area contributed by atoms with Crippen LogP contribution >= 0.6 is 46.1 Å². The van der Waals surface area contributed by atoms with Gasteiger partial charge >= 0.3 is 0 Å². The van der Waals surface area contributed by atoms with Crippen LogP contribution in [0.1, 0.15) is 10.4 Å². The van der Waals surface area contributed by atoms with Gasteiger partial charge in [0.1, 0.15) is 10.2 Å². The minimum absolute atomic E-state index is 0.213. The maximum atomic E-state index is 13.9. The molecule has 0 unspecified atom stereocenters. The summed E-state index contributed by atoms with van der Waals surface area (Å²) in [6, 6.07) is 4.35. The zero-order valence-electron chi connectivity index (χ0n) is 9.64. The van der Waals surface area contributed by atoms with Crippen molar-refractivity contribution in [1.29, 1.82) is 0 Å². The van der Waals surface area contributed by atoms with Crippen molar-refractivity contribution in [2.75, 3.05) is 0 Å². The topological polar surface area (TPSA) is 32.9 Å². The molecular weight excluding hydrogens is 344 g/mol. The summed E-state index contributed by atoms with van der Waals surface area (Å²) in [6.07, 6.45) is 0.645. The minimum Gasteiger partial charge on any atom is -0.351 e. The number of nitrogens with one attached hydrogen (secondary N) is 1. The number of hydrogen-bond donors (Lipinski definition) is 1. The predicted molar refractivity (Wildman–Crippen MR) is 82.0 cm³/mol. The van der Waals surface area contributed by atoms with Crippen molar-refractivity contribution in [2.24, 2.45) is 0 Å². The van der Waals surface area contributed by atoms with Crippen LogP contribution in [0.3, 0.4) is 0 Å². The fraction of sp³-hybridized carbons (Fsp3) is 0. The van der Waals surface area contributed by atoms with Crippen molar-refractivity contribution < 1.29 is 9.18 Å². The number of fused-ring (bicyclic) bond motifs is 1. The number of H-pyrrole nitrogens is 1. The van der Waals surface area contributed by atoms with E-state index in [-0.39, 0.29) is 10.5 Å². The van der Waals surface area contributed by atoms with Gasteiger partial charge in [0.2, 0.25) is 0 Å². The van der Waals surface area contributed by atoms with Crippen molar-refractivity contribution in [3.8, 4) is 11.3 Å². The number of rotatable bonds is 2. The Labute approximate surface area is 132 Å². The van der Waals surface area contributed by atoms with Gasteiger partial charge < -0.3 is 4.98 Å². The first-order chi connectivity index (χ1) is 9.51. The summed E-state index contributed by atoms with van der Waals surface area (Å²) in [6.45, 7) is 0. The molecule has 3 rings (SSSR count). The molecule has 20 heavy (non-hydrogen) atoms. The molecule has 0 saturated carbocycles. The van der Waals surface area contributed by atoms with Crippen LogP contribution in [0.5, 0.6) is 0 Å². The number of carbonyl (C=O) groups is 1. The largest absolute Gasteiger partial charge is 0.351 e. The summed E-state index contributed by atoms with van der Waals surface area (Å²) in [4.78, 5) is 14.2. The van der Waals surface area contributed by atoms with Crippen LogP contribution in [0, 0.1) is 5.82 Å². The highest BCUT2D eigenvalue weighted by molar-refractivity contribution is 7.20. The van der Waals surface area contributed by atoms with Gasteiger partial charge in [-0.25, -0.2) is 4.39 Å². The molecular formula is C13H5Cl3FNOS. The molecule has 102 valence electrons. The number of halogens is 4. The standard InChI is InChI=1S/C13H5Cl3FNOS/c14-5-1-6-8(4-19)11(18-12(6)9(17)2-5)7-3-10(15)20-13(7)16/h1-4,18H. The second kappa shape index (κ2) is 5.04. The van der Waals surface area contributed by atoms with Crippen molar-refractivity contribution in [3.63, 3.8) is 0 Å². The maximum Gasteiger partial charge on any atom is 0.152 e. The molecule has 0 amide bonds. The number of hydrogen-bond acceptors (Lipinski definition) is 2. The average Bonchev–Trinajstić information content (AvgIpc) is 2.89. The summed E-state index contributed by atoms with van der Waals surface area (Å²) >= 11 is 19.0. The van der Waals surface area contributed by atoms with Crippen LogP contribution in [-0.2, 0) is 0 Å². The van der Waals surface area contributed by atoms with Crippen LogP contribution < -0.4 is 0 Å². The molecule has 0 fully saturated rings. The lowest BCUT2D eigenvalue weighted by atomic mass is 10.1. The predicted octanol–water partition coefficient (Wildman–Crippen LogP) is 5.81. The highest BCUT2D eigenvalue weighted by Crippen LogP contribution is 2.41. The van der Waals surface area contributed by atoms with Crippen molar-refractivity contribution in [1.82, 2.24) is 4.98 Å². The van der Waals surface area contributed by atoms with Crippen molar-refractivity contribution >= 4 is 63.3 Å². The molecule has 2 nitrogen and oxygen atoms in total. The Morgan fingerprint density at radius 3 is 2.55 bits per heavy atom. The fourth-order valence-corrected chi connectivity index (χ4v) is 3.77. The fourth-order valence-electron chi connectivity index (χ4n) is 2.09. The minimum atomic E-state index is -0.528. The van der Waals surface area contributed by atoms with Crippen molar-refractivity contribution in [3.05, 3.63) is 43.3 Å². The summed E-state index contributed by atoms with van der Waals surface area (Å²) in [5, 5.41) is 0.636. The van der Waals surface area contributed by atoms with E-state index in [4.69, 9.17) is 34.8 Å². The first-order valence-electron chi connectivity index (χ1n) is 5.42. The second-order valence-electron chi connectivity index (χ2n) is 4.08. The Balaban J connectivity index is 2.39. The van der Waals surface area contributed by atoms with E-state index >= 15 is 0 Å². The number of aldehydes is 1. The van der Waals surface area contributed by atoms with Gasteiger partial charge in [0, 0.05) is 21.5 Å². The van der Waals surface area contributed by atoms with E-state index in [0.717, 1.165) is 0 Å². The van der Waals surface area contributed by atoms with Gasteiger partial charge in [0.25, 0.3) is 0 Å². The molecule has 0 spiro atoms. The van der Waals surface area contributed by atoms with Gasteiger partial charge in [0.05, 0.1) is 15.5 Å². The van der Waals surface area contributed by atoms with Gasteiger partial charge in [0.15, 0.2) is 6.29 Å². The molecule has 2 aromatic heterocycles. The van der Waals surface area contributed by atoms with E-state index in [0.29, 0.717) is 37.2 Å². The van der Waals surface area contributed by atoms with E-state index in [2.05, 4.69) is 4.98 Å². The quantitative estimate of drug-likeness (QED) is 0.583. The highest BCUT2D eigenvalue weighted by atomic mass is 35.5. The van der Waals surface area contributed by atoms with E-state index in [9.17, 15) is 9.18 Å². The second-order valence-corrected chi connectivity index (χ2v) is 6.80. The number of aromatic amines is 1. The highest BCUT2D eigenvalue weighted by Gasteiger charge is 2.19. The molecule has 0 aliphatic rings. The third-order valence-electron chi connectivity index (χ3n) is 2.91. The lowest BCUT2D eigenvalue weighted by Gasteiger charge is -1.96. The molecule has 0 radical (unpaired) electrons. The Morgan fingerprint density at radius 1 is 1.20 bits per heavy atom. The number of thiophene rings is 1. The maximum absolute atomic E-state index is 13.9. The third kappa shape index (κ3) is 2.13. The van der Waals surface area contributed by atoms with Gasteiger partial charge in [-0.1, -0.05) is 34.8 Å². The molecule has 0 aliphatic heterocycles. The molecule has 0 saturated heterocycles. The van der Waals surface area contributed by atoms with Crippen molar-refractivity contribution in [2.45, 2.75) is 0 Å². The van der Waals surface area contributed by atoms with E-state index < -0.39 is 5.82 Å². The first-order valence-corrected chi connectivity index (χ1v) is 7.37. The zero-order chi connectivity index (χ0) is 14.4. The van der Waals surface area contributed by atoms with Crippen LogP contribution in [0.15, 0.2) is 18.2 Å². The van der Waals surface area contributed by atoms with Gasteiger partial charge in [-0.05, 0) is 18.2 Å². The number of aromatic nitrogens is 1. The molecule has 2 heterocycles. The summed E-state index contributed by atoms with van der Waals surface area (Å²) in [5.41, 5.74) is 1.52. The molecule has 0 aliphatic carbocycles. The van der Waals surface area contributed by atoms with E-state index in [1.165, 1.54) is 23.5 Å². The molecule has 1 N–H and O–H groups in total. The lowest BCUT2D eigenvalue weighted by Crippen LogP contribution is -1.82. The number of benzene rings is 1. The molecule has 0 atom stereocenters. The Bertz CT molecular complexity index is 840. The molecule has 7 heteroatoms. The van der Waals surface area contributed by atoms with Gasteiger partial charge in [-0.15, -0.1) is 11.3 Å². The first kappa shape index (κ1) is 13.9. The average molecular weight is 349 g/mol. The lowest BCUT2D eigenvalue weighted by molar-refractivity contribution is 0.112. The SMILES string of the molecule is O=Cc1c(-c2cc(Cl)sc2Cl)[nH]c2c(F)cc(Cl)cc12. The Morgan fingerprint density at radius 2 is 1.95 bits per heavy atom. The third-order valence-corrected chi connectivity index (χ3v) is 4.61. The van der Waals surface area contributed by atoms with Crippen LogP contribution in [-0.4, -0.2) is 11.3 Å².